The van der Waals surface area contributed by atoms with Gasteiger partial charge in [0, 0.05) is 12.3 Å². The number of pyridine rings is 1. The zero-order valence-electron chi connectivity index (χ0n) is 11.3. The van der Waals surface area contributed by atoms with Crippen LogP contribution in [-0.2, 0) is 6.54 Å². The summed E-state index contributed by atoms with van der Waals surface area (Å²) < 4.78 is 6.45. The van der Waals surface area contributed by atoms with Crippen LogP contribution in [0.4, 0.5) is 0 Å². The standard InChI is InChI=1S/C13H19NO6/c1-2-3-6-20-12-10(17)4-5-14(7-9(16)8-15)11(12)13(18)19/h4-5,9,15-16H,2-3,6-8H2,1H3,(H,18,19). The SMILES string of the molecule is CCCCOc1c(C(=O)O)n(CC(O)CO)ccc1=O. The first kappa shape index (κ1) is 16.2. The van der Waals surface area contributed by atoms with E-state index in [4.69, 9.17) is 9.84 Å². The predicted octanol–water partition coefficient (Wildman–Crippen LogP) is 0.0786. The van der Waals surface area contributed by atoms with E-state index in [2.05, 4.69) is 0 Å². The molecule has 0 aromatic carbocycles. The quantitative estimate of drug-likeness (QED) is 0.584. The number of unbranched alkanes of at least 4 members (excludes halogenated alkanes) is 1. The van der Waals surface area contributed by atoms with E-state index in [-0.39, 0.29) is 24.6 Å². The van der Waals surface area contributed by atoms with Crippen LogP contribution in [0.1, 0.15) is 30.3 Å². The lowest BCUT2D eigenvalue weighted by Gasteiger charge is -2.16. The van der Waals surface area contributed by atoms with Gasteiger partial charge in [0.25, 0.3) is 0 Å². The zero-order valence-corrected chi connectivity index (χ0v) is 11.3. The molecule has 0 saturated heterocycles. The summed E-state index contributed by atoms with van der Waals surface area (Å²) in [4.78, 5) is 23.0. The Bertz CT molecular complexity index is 510. The van der Waals surface area contributed by atoms with Crippen molar-refractivity contribution in [3.8, 4) is 5.75 Å². The third-order valence-electron chi connectivity index (χ3n) is 2.70. The van der Waals surface area contributed by atoms with Crippen LogP contribution in [-0.4, -0.2) is 45.2 Å². The Hall–Kier alpha value is -1.86. The Morgan fingerprint density at radius 3 is 2.75 bits per heavy atom. The third kappa shape index (κ3) is 4.07. The predicted molar refractivity (Wildman–Crippen MR) is 71.2 cm³/mol. The van der Waals surface area contributed by atoms with Gasteiger partial charge in [-0.25, -0.2) is 4.79 Å². The number of aliphatic hydroxyl groups excluding tert-OH is 2. The van der Waals surface area contributed by atoms with Crippen molar-refractivity contribution in [3.63, 3.8) is 0 Å². The molecular weight excluding hydrogens is 266 g/mol. The minimum Gasteiger partial charge on any atom is -0.487 e. The van der Waals surface area contributed by atoms with Crippen molar-refractivity contribution in [1.29, 1.82) is 0 Å². The van der Waals surface area contributed by atoms with E-state index in [9.17, 15) is 19.8 Å². The summed E-state index contributed by atoms with van der Waals surface area (Å²) in [6.45, 7) is 1.56. The number of aliphatic hydroxyl groups is 2. The number of ether oxygens (including phenoxy) is 1. The number of aromatic carboxylic acids is 1. The molecule has 0 aliphatic heterocycles. The highest BCUT2D eigenvalue weighted by molar-refractivity contribution is 5.88. The number of carbonyl (C=O) groups is 1. The first-order valence-electron chi connectivity index (χ1n) is 6.39. The molecule has 0 aliphatic carbocycles. The van der Waals surface area contributed by atoms with E-state index in [1.54, 1.807) is 0 Å². The van der Waals surface area contributed by atoms with Crippen LogP contribution in [0.15, 0.2) is 17.1 Å². The second-order valence-corrected chi connectivity index (χ2v) is 4.35. The number of hydrogen-bond acceptors (Lipinski definition) is 5. The van der Waals surface area contributed by atoms with Crippen LogP contribution in [0.2, 0.25) is 0 Å². The smallest absolute Gasteiger partial charge is 0.356 e. The highest BCUT2D eigenvalue weighted by Gasteiger charge is 2.20. The van der Waals surface area contributed by atoms with Crippen LogP contribution in [0.25, 0.3) is 0 Å². The van der Waals surface area contributed by atoms with Crippen molar-refractivity contribution in [2.75, 3.05) is 13.2 Å². The first-order chi connectivity index (χ1) is 9.51. The van der Waals surface area contributed by atoms with Crippen LogP contribution >= 0.6 is 0 Å². The summed E-state index contributed by atoms with van der Waals surface area (Å²) in [5, 5.41) is 27.5. The fraction of sp³-hybridized carbons (Fsp3) is 0.538. The zero-order chi connectivity index (χ0) is 15.1. The highest BCUT2D eigenvalue weighted by atomic mass is 16.5. The molecule has 0 aliphatic rings. The lowest BCUT2D eigenvalue weighted by molar-refractivity contribution is 0.0644. The molecule has 3 N–H and O–H groups in total. The highest BCUT2D eigenvalue weighted by Crippen LogP contribution is 2.14. The van der Waals surface area contributed by atoms with Gasteiger partial charge < -0.3 is 24.6 Å². The van der Waals surface area contributed by atoms with E-state index in [0.29, 0.717) is 6.42 Å². The summed E-state index contributed by atoms with van der Waals surface area (Å²) in [5.74, 6) is -1.56. The first-order valence-corrected chi connectivity index (χ1v) is 6.39. The molecule has 7 heteroatoms. The van der Waals surface area contributed by atoms with Crippen LogP contribution in [0.3, 0.4) is 0 Å². The Morgan fingerprint density at radius 1 is 1.50 bits per heavy atom. The fourth-order valence-electron chi connectivity index (χ4n) is 1.67. The molecule has 0 bridgehead atoms. The molecule has 1 heterocycles. The lowest BCUT2D eigenvalue weighted by atomic mass is 10.2. The van der Waals surface area contributed by atoms with Crippen LogP contribution < -0.4 is 10.2 Å². The molecule has 20 heavy (non-hydrogen) atoms. The van der Waals surface area contributed by atoms with E-state index in [0.717, 1.165) is 6.42 Å². The Labute approximate surface area is 116 Å². The van der Waals surface area contributed by atoms with Gasteiger partial charge in [-0.2, -0.15) is 0 Å². The van der Waals surface area contributed by atoms with Crippen molar-refractivity contribution in [2.24, 2.45) is 0 Å². The molecule has 1 unspecified atom stereocenters. The van der Waals surface area contributed by atoms with Gasteiger partial charge in [0.1, 0.15) is 0 Å². The minimum atomic E-state index is -1.32. The molecule has 1 atom stereocenters. The van der Waals surface area contributed by atoms with Crippen molar-refractivity contribution in [3.05, 3.63) is 28.2 Å². The van der Waals surface area contributed by atoms with Crippen LogP contribution in [0, 0.1) is 0 Å². The monoisotopic (exact) mass is 285 g/mol. The lowest BCUT2D eigenvalue weighted by Crippen LogP contribution is -2.26. The molecular formula is C13H19NO6. The van der Waals surface area contributed by atoms with E-state index in [1.165, 1.54) is 16.8 Å². The number of rotatable bonds is 8. The molecule has 1 rings (SSSR count). The van der Waals surface area contributed by atoms with E-state index < -0.39 is 24.1 Å². The van der Waals surface area contributed by atoms with Gasteiger partial charge in [-0.3, -0.25) is 4.79 Å². The summed E-state index contributed by atoms with van der Waals surface area (Å²) in [5.41, 5.74) is -0.839. The number of nitrogens with zero attached hydrogens (tertiary/aromatic N) is 1. The van der Waals surface area contributed by atoms with Crippen molar-refractivity contribution in [1.82, 2.24) is 4.57 Å². The number of aromatic nitrogens is 1. The second kappa shape index (κ2) is 7.66. The molecule has 0 fully saturated rings. The molecule has 0 amide bonds. The van der Waals surface area contributed by atoms with Crippen molar-refractivity contribution in [2.45, 2.75) is 32.4 Å². The van der Waals surface area contributed by atoms with Crippen LogP contribution in [0.5, 0.6) is 5.75 Å². The molecule has 0 saturated carbocycles. The molecule has 1 aromatic heterocycles. The van der Waals surface area contributed by atoms with Crippen molar-refractivity contribution < 1.29 is 24.9 Å². The fourth-order valence-corrected chi connectivity index (χ4v) is 1.67. The van der Waals surface area contributed by atoms with Gasteiger partial charge in [-0.15, -0.1) is 0 Å². The van der Waals surface area contributed by atoms with E-state index >= 15 is 0 Å². The maximum atomic E-state index is 11.7. The molecule has 0 radical (unpaired) electrons. The Morgan fingerprint density at radius 2 is 2.20 bits per heavy atom. The maximum absolute atomic E-state index is 11.7. The third-order valence-corrected chi connectivity index (χ3v) is 2.70. The van der Waals surface area contributed by atoms with Gasteiger partial charge >= 0.3 is 5.97 Å². The minimum absolute atomic E-state index is 0.136. The summed E-state index contributed by atoms with van der Waals surface area (Å²) in [6, 6.07) is 1.18. The molecule has 112 valence electrons. The maximum Gasteiger partial charge on any atom is 0.356 e. The van der Waals surface area contributed by atoms with Gasteiger partial charge in [0.05, 0.1) is 25.9 Å². The average Bonchev–Trinajstić information content (AvgIpc) is 2.41. The molecule has 7 nitrogen and oxygen atoms in total. The summed E-state index contributed by atoms with van der Waals surface area (Å²) in [6.07, 6.45) is 1.70. The normalized spacial score (nSPS) is 12.2. The number of carboxylic acid groups (broad SMARTS) is 1. The van der Waals surface area contributed by atoms with Gasteiger partial charge in [-0.05, 0) is 6.42 Å². The topological polar surface area (TPSA) is 109 Å². The largest absolute Gasteiger partial charge is 0.487 e. The van der Waals surface area contributed by atoms with Gasteiger partial charge in [0.15, 0.2) is 11.4 Å². The molecule has 0 spiro atoms. The Kier molecular flexibility index (Phi) is 6.20. The second-order valence-electron chi connectivity index (χ2n) is 4.35. The average molecular weight is 285 g/mol. The van der Waals surface area contributed by atoms with Gasteiger partial charge in [0.2, 0.25) is 5.43 Å². The summed E-state index contributed by atoms with van der Waals surface area (Å²) >= 11 is 0. The number of hydrogen-bond donors (Lipinski definition) is 3. The van der Waals surface area contributed by atoms with Gasteiger partial charge in [-0.1, -0.05) is 13.3 Å². The number of carboxylic acids is 1. The summed E-state index contributed by atoms with van der Waals surface area (Å²) in [7, 11) is 0. The molecule has 1 aromatic rings. The Balaban J connectivity index is 3.16. The van der Waals surface area contributed by atoms with E-state index in [1.807, 2.05) is 6.92 Å². The van der Waals surface area contributed by atoms with Crippen molar-refractivity contribution >= 4 is 5.97 Å².